The summed E-state index contributed by atoms with van der Waals surface area (Å²) in [6, 6.07) is 16.8. The number of thioether (sulfide) groups is 1. The number of anilines is 2. The first-order valence-corrected chi connectivity index (χ1v) is 9.39. The lowest BCUT2D eigenvalue weighted by Crippen LogP contribution is -2.58. The lowest BCUT2D eigenvalue weighted by molar-refractivity contribution is -0.125. The molecule has 1 N–H and O–H groups in total. The molecule has 1 aliphatic rings. The van der Waals surface area contributed by atoms with Crippen molar-refractivity contribution in [3.8, 4) is 6.07 Å². The maximum atomic E-state index is 12.9. The Hall–Kier alpha value is -2.78. The summed E-state index contributed by atoms with van der Waals surface area (Å²) in [6.07, 6.45) is 0. The topological polar surface area (TPSA) is 73.2 Å². The van der Waals surface area contributed by atoms with Crippen molar-refractivity contribution in [1.29, 1.82) is 5.26 Å². The molecule has 132 valence electrons. The SMILES string of the molecule is CC1(C)C(=O)Nc2ccccc2N1C(=O)CSCc1cccc(C#N)c1. The Labute approximate surface area is 157 Å². The van der Waals surface area contributed by atoms with Gasteiger partial charge in [0.05, 0.1) is 28.8 Å². The van der Waals surface area contributed by atoms with Crippen LogP contribution in [0, 0.1) is 11.3 Å². The fourth-order valence-corrected chi connectivity index (χ4v) is 3.77. The molecular formula is C20H19N3O2S. The molecule has 0 aromatic heterocycles. The van der Waals surface area contributed by atoms with Crippen molar-refractivity contribution in [2.45, 2.75) is 25.1 Å². The molecule has 0 spiro atoms. The van der Waals surface area contributed by atoms with Crippen LogP contribution in [0.15, 0.2) is 48.5 Å². The molecule has 5 nitrogen and oxygen atoms in total. The monoisotopic (exact) mass is 365 g/mol. The molecule has 2 aromatic rings. The minimum Gasteiger partial charge on any atom is -0.322 e. The molecule has 3 rings (SSSR count). The molecule has 0 saturated carbocycles. The molecule has 26 heavy (non-hydrogen) atoms. The van der Waals surface area contributed by atoms with Gasteiger partial charge in [0.25, 0.3) is 0 Å². The van der Waals surface area contributed by atoms with Crippen LogP contribution in [0.1, 0.15) is 25.0 Å². The van der Waals surface area contributed by atoms with Gasteiger partial charge in [-0.25, -0.2) is 0 Å². The van der Waals surface area contributed by atoms with Crippen molar-refractivity contribution >= 4 is 35.0 Å². The van der Waals surface area contributed by atoms with Crippen molar-refractivity contribution < 1.29 is 9.59 Å². The van der Waals surface area contributed by atoms with Crippen LogP contribution in [0.5, 0.6) is 0 Å². The second kappa shape index (κ2) is 7.22. The Morgan fingerprint density at radius 1 is 1.23 bits per heavy atom. The number of hydrogen-bond acceptors (Lipinski definition) is 4. The predicted octanol–water partition coefficient (Wildman–Crippen LogP) is 3.56. The Kier molecular flexibility index (Phi) is 5.01. The molecule has 0 fully saturated rings. The van der Waals surface area contributed by atoms with Gasteiger partial charge in [0.15, 0.2) is 0 Å². The summed E-state index contributed by atoms with van der Waals surface area (Å²) in [4.78, 5) is 26.9. The van der Waals surface area contributed by atoms with Crippen LogP contribution in [0.25, 0.3) is 0 Å². The number of para-hydroxylation sites is 2. The molecule has 0 radical (unpaired) electrons. The van der Waals surface area contributed by atoms with Crippen LogP contribution in [-0.4, -0.2) is 23.1 Å². The molecule has 2 aromatic carbocycles. The van der Waals surface area contributed by atoms with E-state index < -0.39 is 5.54 Å². The van der Waals surface area contributed by atoms with Crippen LogP contribution >= 0.6 is 11.8 Å². The molecule has 0 aliphatic carbocycles. The second-order valence-electron chi connectivity index (χ2n) is 6.56. The molecule has 1 heterocycles. The highest BCUT2D eigenvalue weighted by atomic mass is 32.2. The van der Waals surface area contributed by atoms with Gasteiger partial charge >= 0.3 is 0 Å². The van der Waals surface area contributed by atoms with Gasteiger partial charge in [-0.15, -0.1) is 11.8 Å². The zero-order valence-electron chi connectivity index (χ0n) is 14.7. The van der Waals surface area contributed by atoms with E-state index in [0.717, 1.165) is 5.56 Å². The number of amides is 2. The van der Waals surface area contributed by atoms with Crippen molar-refractivity contribution in [2.75, 3.05) is 16.0 Å². The minimum absolute atomic E-state index is 0.112. The van der Waals surface area contributed by atoms with Crippen LogP contribution in [-0.2, 0) is 15.3 Å². The second-order valence-corrected chi connectivity index (χ2v) is 7.55. The van der Waals surface area contributed by atoms with E-state index in [0.29, 0.717) is 22.7 Å². The standard InChI is InChI=1S/C20H19N3O2S/c1-20(2)19(25)22-16-8-3-4-9-17(16)23(20)18(24)13-26-12-15-7-5-6-14(10-15)11-21/h3-10H,12-13H2,1-2H3,(H,22,25). The van der Waals surface area contributed by atoms with E-state index >= 15 is 0 Å². The first kappa shape index (κ1) is 18.0. The maximum Gasteiger partial charge on any atom is 0.250 e. The van der Waals surface area contributed by atoms with Gasteiger partial charge in [0, 0.05) is 5.75 Å². The number of nitrogens with one attached hydrogen (secondary N) is 1. The summed E-state index contributed by atoms with van der Waals surface area (Å²) in [5.74, 6) is 0.570. The first-order valence-electron chi connectivity index (χ1n) is 8.24. The predicted molar refractivity (Wildman–Crippen MR) is 104 cm³/mol. The van der Waals surface area contributed by atoms with Gasteiger partial charge in [-0.05, 0) is 43.7 Å². The van der Waals surface area contributed by atoms with Crippen LogP contribution < -0.4 is 10.2 Å². The van der Waals surface area contributed by atoms with Gasteiger partial charge in [-0.1, -0.05) is 24.3 Å². The third-order valence-corrected chi connectivity index (χ3v) is 5.30. The lowest BCUT2D eigenvalue weighted by Gasteiger charge is -2.42. The Balaban J connectivity index is 1.74. The summed E-state index contributed by atoms with van der Waals surface area (Å²) >= 11 is 1.47. The number of benzene rings is 2. The zero-order chi connectivity index (χ0) is 18.7. The molecule has 0 atom stereocenters. The third kappa shape index (κ3) is 3.44. The van der Waals surface area contributed by atoms with E-state index in [1.165, 1.54) is 11.8 Å². The van der Waals surface area contributed by atoms with Crippen LogP contribution in [0.3, 0.4) is 0 Å². The van der Waals surface area contributed by atoms with E-state index in [9.17, 15) is 9.59 Å². The summed E-state index contributed by atoms with van der Waals surface area (Å²) in [5, 5.41) is 11.8. The van der Waals surface area contributed by atoms with E-state index in [1.807, 2.05) is 36.4 Å². The number of rotatable bonds is 4. The fraction of sp³-hybridized carbons (Fsp3) is 0.250. The van der Waals surface area contributed by atoms with E-state index in [-0.39, 0.29) is 17.6 Å². The highest BCUT2D eigenvalue weighted by molar-refractivity contribution is 7.99. The summed E-state index contributed by atoms with van der Waals surface area (Å²) in [5.41, 5.74) is 2.02. The molecule has 2 amide bonds. The van der Waals surface area contributed by atoms with Crippen molar-refractivity contribution in [1.82, 2.24) is 0 Å². The minimum atomic E-state index is -0.952. The highest BCUT2D eigenvalue weighted by Gasteiger charge is 2.43. The van der Waals surface area contributed by atoms with Crippen molar-refractivity contribution in [2.24, 2.45) is 0 Å². The largest absolute Gasteiger partial charge is 0.322 e. The number of fused-ring (bicyclic) bond motifs is 1. The zero-order valence-corrected chi connectivity index (χ0v) is 15.5. The number of nitrogens with zero attached hydrogens (tertiary/aromatic N) is 2. The summed E-state index contributed by atoms with van der Waals surface area (Å²) in [6.45, 7) is 3.49. The molecule has 0 saturated heterocycles. The Morgan fingerprint density at radius 3 is 2.77 bits per heavy atom. The molecular weight excluding hydrogens is 346 g/mol. The van der Waals surface area contributed by atoms with Crippen LogP contribution in [0.4, 0.5) is 11.4 Å². The highest BCUT2D eigenvalue weighted by Crippen LogP contribution is 2.37. The Morgan fingerprint density at radius 2 is 2.00 bits per heavy atom. The third-order valence-electron chi connectivity index (χ3n) is 4.31. The smallest absolute Gasteiger partial charge is 0.250 e. The molecule has 0 unspecified atom stereocenters. The van der Waals surface area contributed by atoms with Gasteiger partial charge in [-0.3, -0.25) is 14.5 Å². The van der Waals surface area contributed by atoms with Gasteiger partial charge in [0.2, 0.25) is 11.8 Å². The molecule has 0 bridgehead atoms. The Bertz CT molecular complexity index is 902. The number of hydrogen-bond donors (Lipinski definition) is 1. The van der Waals surface area contributed by atoms with E-state index in [2.05, 4.69) is 11.4 Å². The normalized spacial score (nSPS) is 15.0. The number of nitriles is 1. The molecule has 6 heteroatoms. The fourth-order valence-electron chi connectivity index (χ4n) is 2.95. The summed E-state index contributed by atoms with van der Waals surface area (Å²) in [7, 11) is 0. The van der Waals surface area contributed by atoms with Gasteiger partial charge in [-0.2, -0.15) is 5.26 Å². The first-order chi connectivity index (χ1) is 12.4. The van der Waals surface area contributed by atoms with Crippen molar-refractivity contribution in [3.63, 3.8) is 0 Å². The van der Waals surface area contributed by atoms with Crippen LogP contribution in [0.2, 0.25) is 0 Å². The van der Waals surface area contributed by atoms with Crippen molar-refractivity contribution in [3.05, 3.63) is 59.7 Å². The van der Waals surface area contributed by atoms with Gasteiger partial charge in [0.1, 0.15) is 5.54 Å². The van der Waals surface area contributed by atoms with Gasteiger partial charge < -0.3 is 5.32 Å². The average molecular weight is 365 g/mol. The average Bonchev–Trinajstić information content (AvgIpc) is 2.62. The maximum absolute atomic E-state index is 12.9. The van der Waals surface area contributed by atoms with E-state index in [4.69, 9.17) is 5.26 Å². The number of carbonyl (C=O) groups is 2. The quantitative estimate of drug-likeness (QED) is 0.899. The van der Waals surface area contributed by atoms with E-state index in [1.54, 1.807) is 30.9 Å². The number of carbonyl (C=O) groups excluding carboxylic acids is 2. The lowest BCUT2D eigenvalue weighted by atomic mass is 9.96. The molecule has 1 aliphatic heterocycles. The summed E-state index contributed by atoms with van der Waals surface area (Å²) < 4.78 is 0.